The van der Waals surface area contributed by atoms with Gasteiger partial charge in [-0.3, -0.25) is 9.80 Å². The molecule has 0 atom stereocenters. The molecule has 1 saturated heterocycles. The number of aryl methyl sites for hydroxylation is 1. The molecule has 3 heterocycles. The molecule has 0 spiro atoms. The average molecular weight is 318 g/mol. The highest BCUT2D eigenvalue weighted by molar-refractivity contribution is 5.41. The molecule has 23 heavy (non-hydrogen) atoms. The van der Waals surface area contributed by atoms with Crippen LogP contribution in [0.4, 0.5) is 0 Å². The van der Waals surface area contributed by atoms with Crippen molar-refractivity contribution < 1.29 is 9.84 Å². The second-order valence-corrected chi connectivity index (χ2v) is 6.16. The Morgan fingerprint density at radius 3 is 2.83 bits per heavy atom. The fraction of sp³-hybridized carbons (Fsp3) is 0.588. The van der Waals surface area contributed by atoms with Crippen LogP contribution >= 0.6 is 0 Å². The summed E-state index contributed by atoms with van der Waals surface area (Å²) in [5.74, 6) is 0. The second kappa shape index (κ2) is 7.88. The normalized spacial score (nSPS) is 16.5. The van der Waals surface area contributed by atoms with E-state index >= 15 is 0 Å². The van der Waals surface area contributed by atoms with Gasteiger partial charge in [-0.15, -0.1) is 0 Å². The van der Waals surface area contributed by atoms with Crippen molar-refractivity contribution >= 4 is 5.65 Å². The van der Waals surface area contributed by atoms with E-state index in [1.165, 1.54) is 5.56 Å². The number of fused-ring (bicyclic) bond motifs is 1. The summed E-state index contributed by atoms with van der Waals surface area (Å²) in [5, 5.41) is 9.33. The molecule has 3 rings (SSSR count). The minimum atomic E-state index is 0.176. The third-order valence-corrected chi connectivity index (χ3v) is 4.29. The van der Waals surface area contributed by atoms with Crippen molar-refractivity contribution in [2.75, 3.05) is 52.5 Å². The molecule has 126 valence electrons. The van der Waals surface area contributed by atoms with Gasteiger partial charge >= 0.3 is 0 Å². The molecule has 0 unspecified atom stereocenters. The lowest BCUT2D eigenvalue weighted by molar-refractivity contribution is 0.0319. The number of hydrogen-bond acceptors (Lipinski definition) is 5. The average Bonchev–Trinajstić information content (AvgIpc) is 2.95. The number of hydrogen-bond donors (Lipinski definition) is 1. The van der Waals surface area contributed by atoms with Crippen LogP contribution in [0.1, 0.15) is 11.3 Å². The summed E-state index contributed by atoms with van der Waals surface area (Å²) in [5.41, 5.74) is 3.25. The third kappa shape index (κ3) is 4.51. The number of aromatic nitrogens is 2. The van der Waals surface area contributed by atoms with E-state index in [9.17, 15) is 5.11 Å². The summed E-state index contributed by atoms with van der Waals surface area (Å²) in [4.78, 5) is 9.36. The van der Waals surface area contributed by atoms with Crippen molar-refractivity contribution in [2.24, 2.45) is 0 Å². The first-order valence-electron chi connectivity index (χ1n) is 8.32. The van der Waals surface area contributed by atoms with Crippen molar-refractivity contribution in [3.63, 3.8) is 0 Å². The van der Waals surface area contributed by atoms with E-state index in [0.717, 1.165) is 57.3 Å². The quantitative estimate of drug-likeness (QED) is 0.817. The number of rotatable bonds is 7. The zero-order chi connectivity index (χ0) is 16.1. The maximum atomic E-state index is 9.33. The van der Waals surface area contributed by atoms with E-state index in [1.807, 2.05) is 6.07 Å². The highest BCUT2D eigenvalue weighted by Gasteiger charge is 2.13. The Morgan fingerprint density at radius 2 is 2.04 bits per heavy atom. The number of aliphatic hydroxyl groups excluding tert-OH is 1. The number of nitrogens with zero attached hydrogens (tertiary/aromatic N) is 4. The predicted octanol–water partition coefficient (Wildman–Crippen LogP) is 0.769. The van der Waals surface area contributed by atoms with E-state index in [4.69, 9.17) is 4.74 Å². The molecule has 0 amide bonds. The van der Waals surface area contributed by atoms with Gasteiger partial charge in [0.1, 0.15) is 5.65 Å². The fourth-order valence-corrected chi connectivity index (χ4v) is 2.98. The third-order valence-electron chi connectivity index (χ3n) is 4.29. The largest absolute Gasteiger partial charge is 0.395 e. The maximum absolute atomic E-state index is 9.33. The molecule has 0 bridgehead atoms. The molecule has 1 N–H and O–H groups in total. The molecule has 6 heteroatoms. The minimum absolute atomic E-state index is 0.176. The van der Waals surface area contributed by atoms with Crippen LogP contribution in [0.15, 0.2) is 24.5 Å². The van der Waals surface area contributed by atoms with E-state index < -0.39 is 0 Å². The summed E-state index contributed by atoms with van der Waals surface area (Å²) in [6.07, 6.45) is 4.18. The van der Waals surface area contributed by atoms with Gasteiger partial charge in [-0.05, 0) is 18.6 Å². The van der Waals surface area contributed by atoms with Crippen LogP contribution in [0.25, 0.3) is 5.65 Å². The van der Waals surface area contributed by atoms with Crippen molar-refractivity contribution in [1.29, 1.82) is 0 Å². The standard InChI is InChI=1S/C17H26N4O2/c1-15-2-3-17-18-16(14-21(17)12-15)13-20(6-9-22)5-4-19-7-10-23-11-8-19/h2-3,12,14,22H,4-11,13H2,1H3. The number of morpholine rings is 1. The first-order chi connectivity index (χ1) is 11.2. The van der Waals surface area contributed by atoms with Gasteiger partial charge in [0.25, 0.3) is 0 Å². The molecule has 0 saturated carbocycles. The van der Waals surface area contributed by atoms with Crippen LogP contribution in [0.3, 0.4) is 0 Å². The van der Waals surface area contributed by atoms with Gasteiger partial charge in [0.05, 0.1) is 25.5 Å². The highest BCUT2D eigenvalue weighted by Crippen LogP contribution is 2.10. The van der Waals surface area contributed by atoms with Crippen LogP contribution in [0.2, 0.25) is 0 Å². The summed E-state index contributed by atoms with van der Waals surface area (Å²) in [6, 6.07) is 4.12. The Morgan fingerprint density at radius 1 is 1.22 bits per heavy atom. The molecular weight excluding hydrogens is 292 g/mol. The van der Waals surface area contributed by atoms with E-state index in [0.29, 0.717) is 6.54 Å². The zero-order valence-corrected chi connectivity index (χ0v) is 13.8. The summed E-state index contributed by atoms with van der Waals surface area (Å²) in [6.45, 7) is 9.31. The van der Waals surface area contributed by atoms with E-state index in [2.05, 4.69) is 44.6 Å². The van der Waals surface area contributed by atoms with E-state index in [-0.39, 0.29) is 6.61 Å². The molecular formula is C17H26N4O2. The lowest BCUT2D eigenvalue weighted by Crippen LogP contribution is -2.41. The molecule has 1 fully saturated rings. The van der Waals surface area contributed by atoms with Gasteiger partial charge in [0.15, 0.2) is 0 Å². The maximum Gasteiger partial charge on any atom is 0.137 e. The fourth-order valence-electron chi connectivity index (χ4n) is 2.98. The second-order valence-electron chi connectivity index (χ2n) is 6.16. The van der Waals surface area contributed by atoms with Crippen LogP contribution in [0, 0.1) is 6.92 Å². The number of imidazole rings is 1. The smallest absolute Gasteiger partial charge is 0.137 e. The van der Waals surface area contributed by atoms with Crippen molar-refractivity contribution in [3.8, 4) is 0 Å². The van der Waals surface area contributed by atoms with Crippen LogP contribution < -0.4 is 0 Å². The Bertz CT molecular complexity index is 622. The van der Waals surface area contributed by atoms with Crippen LogP contribution in [0.5, 0.6) is 0 Å². The zero-order valence-electron chi connectivity index (χ0n) is 13.8. The number of aliphatic hydroxyl groups is 1. The lowest BCUT2D eigenvalue weighted by Gasteiger charge is -2.29. The first kappa shape index (κ1) is 16.4. The molecule has 0 aliphatic carbocycles. The SMILES string of the molecule is Cc1ccc2nc(CN(CCO)CCN3CCOCC3)cn2c1. The number of pyridine rings is 1. The monoisotopic (exact) mass is 318 g/mol. The van der Waals surface area contributed by atoms with Crippen molar-refractivity contribution in [3.05, 3.63) is 35.8 Å². The van der Waals surface area contributed by atoms with Crippen molar-refractivity contribution in [2.45, 2.75) is 13.5 Å². The molecule has 2 aromatic heterocycles. The van der Waals surface area contributed by atoms with E-state index in [1.54, 1.807) is 0 Å². The highest BCUT2D eigenvalue weighted by atomic mass is 16.5. The molecule has 1 aliphatic rings. The van der Waals surface area contributed by atoms with Gasteiger partial charge in [-0.25, -0.2) is 4.98 Å². The van der Waals surface area contributed by atoms with Gasteiger partial charge in [0, 0.05) is 51.7 Å². The van der Waals surface area contributed by atoms with Crippen LogP contribution in [-0.2, 0) is 11.3 Å². The number of ether oxygens (including phenoxy) is 1. The Labute approximate surface area is 137 Å². The molecule has 1 aliphatic heterocycles. The first-order valence-corrected chi connectivity index (χ1v) is 8.32. The van der Waals surface area contributed by atoms with Gasteiger partial charge in [-0.1, -0.05) is 6.07 Å². The summed E-state index contributed by atoms with van der Waals surface area (Å²) >= 11 is 0. The van der Waals surface area contributed by atoms with Gasteiger partial charge in [0.2, 0.25) is 0 Å². The van der Waals surface area contributed by atoms with Gasteiger partial charge < -0.3 is 14.2 Å². The minimum Gasteiger partial charge on any atom is -0.395 e. The molecule has 2 aromatic rings. The molecule has 6 nitrogen and oxygen atoms in total. The Kier molecular flexibility index (Phi) is 5.61. The van der Waals surface area contributed by atoms with Gasteiger partial charge in [-0.2, -0.15) is 0 Å². The molecule has 0 aromatic carbocycles. The predicted molar refractivity (Wildman–Crippen MR) is 89.6 cm³/mol. The Balaban J connectivity index is 1.60. The lowest BCUT2D eigenvalue weighted by atomic mass is 10.3. The molecule has 0 radical (unpaired) electrons. The summed E-state index contributed by atoms with van der Waals surface area (Å²) < 4.78 is 7.46. The van der Waals surface area contributed by atoms with Crippen LogP contribution in [-0.4, -0.2) is 76.8 Å². The topological polar surface area (TPSA) is 53.2 Å². The van der Waals surface area contributed by atoms with Crippen molar-refractivity contribution in [1.82, 2.24) is 19.2 Å². The Hall–Kier alpha value is -1.47. The summed E-state index contributed by atoms with van der Waals surface area (Å²) in [7, 11) is 0.